The molecule has 1 aliphatic carbocycles. The molecule has 1 aromatic heterocycles. The van der Waals surface area contributed by atoms with E-state index in [9.17, 15) is 8.42 Å². The predicted molar refractivity (Wildman–Crippen MR) is 129 cm³/mol. The fourth-order valence-electron chi connectivity index (χ4n) is 5.44. The van der Waals surface area contributed by atoms with Gasteiger partial charge < -0.3 is 14.8 Å². The molecule has 2 atom stereocenters. The monoisotopic (exact) mass is 470 g/mol. The highest BCUT2D eigenvalue weighted by atomic mass is 32.2. The lowest BCUT2D eigenvalue weighted by Gasteiger charge is -2.40. The van der Waals surface area contributed by atoms with Gasteiger partial charge in [-0.25, -0.2) is 18.1 Å². The summed E-state index contributed by atoms with van der Waals surface area (Å²) in [6, 6.07) is 9.32. The molecule has 2 N–H and O–H groups in total. The zero-order valence-electron chi connectivity index (χ0n) is 19.5. The van der Waals surface area contributed by atoms with Crippen molar-refractivity contribution < 1.29 is 8.42 Å². The first-order chi connectivity index (χ1) is 15.9. The molecule has 1 aromatic carbocycles. The van der Waals surface area contributed by atoms with Crippen LogP contribution in [0.5, 0.6) is 0 Å². The molecule has 178 valence electrons. The molecule has 2 fully saturated rings. The van der Waals surface area contributed by atoms with Gasteiger partial charge in [0.15, 0.2) is 0 Å². The number of sulfonamides is 1. The van der Waals surface area contributed by atoms with Gasteiger partial charge in [0.05, 0.1) is 23.7 Å². The molecule has 9 heteroatoms. The number of fused-ring (bicyclic) bond motifs is 3. The number of piperazine rings is 1. The van der Waals surface area contributed by atoms with Gasteiger partial charge >= 0.3 is 0 Å². The largest absolute Gasteiger partial charge is 0.314 e. The molecule has 0 amide bonds. The lowest BCUT2D eigenvalue weighted by Crippen LogP contribution is -2.52. The average molecular weight is 471 g/mol. The smallest absolute Gasteiger partial charge is 0.216 e. The van der Waals surface area contributed by atoms with Crippen LogP contribution in [0.4, 0.5) is 0 Å². The fourth-order valence-corrected chi connectivity index (χ4v) is 6.53. The Kier molecular flexibility index (Phi) is 6.17. The Morgan fingerprint density at radius 3 is 2.61 bits per heavy atom. The average Bonchev–Trinajstić information content (AvgIpc) is 3.43. The summed E-state index contributed by atoms with van der Waals surface area (Å²) in [5, 5.41) is 3.22. The van der Waals surface area contributed by atoms with Crippen LogP contribution in [0.25, 0.3) is 0 Å². The van der Waals surface area contributed by atoms with E-state index in [1.54, 1.807) is 0 Å². The quantitative estimate of drug-likeness (QED) is 0.565. The Bertz CT molecular complexity index is 1120. The van der Waals surface area contributed by atoms with Gasteiger partial charge in [0.25, 0.3) is 0 Å². The van der Waals surface area contributed by atoms with E-state index < -0.39 is 10.0 Å². The van der Waals surface area contributed by atoms with E-state index in [2.05, 4.69) is 43.6 Å². The Labute approximate surface area is 196 Å². The third-order valence-electron chi connectivity index (χ3n) is 7.19. The van der Waals surface area contributed by atoms with Crippen molar-refractivity contribution in [2.45, 2.75) is 37.3 Å². The van der Waals surface area contributed by atoms with Crippen molar-refractivity contribution >= 4 is 10.0 Å². The first kappa shape index (κ1) is 22.7. The molecular weight excluding hydrogens is 436 g/mol. The minimum Gasteiger partial charge on any atom is -0.314 e. The second-order valence-corrected chi connectivity index (χ2v) is 11.3. The SMILES string of the molecule is CNCc1nc2n(c1CNS(=O)(=O)Cc1ccccc1)C1(N3CCN(C)CC3)CC1C=CC2. The number of allylic oxidation sites excluding steroid dienone is 1. The third-order valence-corrected chi connectivity index (χ3v) is 8.49. The molecule has 8 nitrogen and oxygen atoms in total. The molecule has 3 aliphatic rings. The van der Waals surface area contributed by atoms with E-state index in [-0.39, 0.29) is 18.0 Å². The zero-order chi connectivity index (χ0) is 23.1. The standard InChI is InChI=1S/C24H34N6O2S/c1-25-16-21-22(17-26-33(31,32)18-19-7-4-3-5-8-19)30-23(27-21)10-6-9-20-15-24(20,30)29-13-11-28(2)12-14-29/h3-9,20,25-26H,10-18H2,1-2H3. The second-order valence-electron chi connectivity index (χ2n) is 9.46. The zero-order valence-corrected chi connectivity index (χ0v) is 20.3. The number of hydrogen-bond acceptors (Lipinski definition) is 6. The van der Waals surface area contributed by atoms with Crippen molar-refractivity contribution in [2.24, 2.45) is 5.92 Å². The topological polar surface area (TPSA) is 82.5 Å². The van der Waals surface area contributed by atoms with Crippen LogP contribution in [0.2, 0.25) is 0 Å². The van der Waals surface area contributed by atoms with Crippen molar-refractivity contribution in [3.63, 3.8) is 0 Å². The van der Waals surface area contributed by atoms with Crippen LogP contribution in [-0.4, -0.2) is 68.0 Å². The predicted octanol–water partition coefficient (Wildman–Crippen LogP) is 1.25. The molecule has 2 aliphatic heterocycles. The fraction of sp³-hybridized carbons (Fsp3) is 0.542. The second kappa shape index (κ2) is 8.96. The Hall–Kier alpha value is -2.04. The van der Waals surface area contributed by atoms with Crippen LogP contribution in [0.15, 0.2) is 42.5 Å². The molecule has 0 bridgehead atoms. The minimum absolute atomic E-state index is 0.0238. The van der Waals surface area contributed by atoms with Gasteiger partial charge in [0.2, 0.25) is 10.0 Å². The summed E-state index contributed by atoms with van der Waals surface area (Å²) in [4.78, 5) is 9.97. The summed E-state index contributed by atoms with van der Waals surface area (Å²) in [6.45, 7) is 4.98. The Morgan fingerprint density at radius 2 is 1.88 bits per heavy atom. The number of imidazole rings is 1. The van der Waals surface area contributed by atoms with Crippen molar-refractivity contribution in [3.8, 4) is 0 Å². The van der Waals surface area contributed by atoms with Crippen LogP contribution >= 0.6 is 0 Å². The number of likely N-dealkylation sites (N-methyl/N-ethyl adjacent to an activating group) is 1. The minimum atomic E-state index is -3.48. The third kappa shape index (κ3) is 4.40. The van der Waals surface area contributed by atoms with E-state index in [1.807, 2.05) is 37.4 Å². The maximum atomic E-state index is 12.9. The normalized spacial score (nSPS) is 25.5. The van der Waals surface area contributed by atoms with Crippen LogP contribution < -0.4 is 10.0 Å². The highest BCUT2D eigenvalue weighted by Gasteiger charge is 2.60. The maximum Gasteiger partial charge on any atom is 0.216 e. The van der Waals surface area contributed by atoms with E-state index in [1.165, 1.54) is 0 Å². The van der Waals surface area contributed by atoms with Gasteiger partial charge in [0, 0.05) is 45.1 Å². The molecule has 2 aromatic rings. The van der Waals surface area contributed by atoms with E-state index in [0.717, 1.165) is 61.8 Å². The first-order valence-electron chi connectivity index (χ1n) is 11.8. The van der Waals surface area contributed by atoms with Crippen molar-refractivity contribution in [1.29, 1.82) is 0 Å². The summed E-state index contributed by atoms with van der Waals surface area (Å²) in [5.74, 6) is 1.45. The van der Waals surface area contributed by atoms with Gasteiger partial charge in [-0.2, -0.15) is 0 Å². The Balaban J connectivity index is 1.46. The highest BCUT2D eigenvalue weighted by molar-refractivity contribution is 7.88. The first-order valence-corrected chi connectivity index (χ1v) is 13.4. The molecule has 0 radical (unpaired) electrons. The molecule has 3 heterocycles. The molecule has 1 saturated heterocycles. The van der Waals surface area contributed by atoms with Crippen LogP contribution in [-0.2, 0) is 40.9 Å². The van der Waals surface area contributed by atoms with E-state index in [4.69, 9.17) is 4.98 Å². The maximum absolute atomic E-state index is 12.9. The van der Waals surface area contributed by atoms with Crippen molar-refractivity contribution in [3.05, 3.63) is 65.3 Å². The van der Waals surface area contributed by atoms with Crippen molar-refractivity contribution in [1.82, 2.24) is 29.4 Å². The van der Waals surface area contributed by atoms with Gasteiger partial charge in [-0.1, -0.05) is 42.5 Å². The lowest BCUT2D eigenvalue weighted by atomic mass is 10.2. The van der Waals surface area contributed by atoms with Gasteiger partial charge in [-0.15, -0.1) is 0 Å². The number of nitrogens with zero attached hydrogens (tertiary/aromatic N) is 4. The lowest BCUT2D eigenvalue weighted by molar-refractivity contribution is 0.0485. The molecule has 33 heavy (non-hydrogen) atoms. The number of benzene rings is 1. The molecule has 2 unspecified atom stereocenters. The molecule has 1 saturated carbocycles. The van der Waals surface area contributed by atoms with Gasteiger partial charge in [0.1, 0.15) is 11.5 Å². The Morgan fingerprint density at radius 1 is 1.12 bits per heavy atom. The summed E-state index contributed by atoms with van der Waals surface area (Å²) >= 11 is 0. The molecular formula is C24H34N6O2S. The number of nitrogens with one attached hydrogen (secondary N) is 2. The molecule has 0 spiro atoms. The number of hydrogen-bond donors (Lipinski definition) is 2. The van der Waals surface area contributed by atoms with E-state index in [0.29, 0.717) is 12.5 Å². The van der Waals surface area contributed by atoms with Gasteiger partial charge in [-0.3, -0.25) is 4.90 Å². The number of aromatic nitrogens is 2. The van der Waals surface area contributed by atoms with E-state index >= 15 is 0 Å². The summed E-state index contributed by atoms with van der Waals surface area (Å²) in [6.07, 6.45) is 6.41. The summed E-state index contributed by atoms with van der Waals surface area (Å²) < 4.78 is 31.1. The van der Waals surface area contributed by atoms with Crippen LogP contribution in [0.1, 0.15) is 29.2 Å². The summed E-state index contributed by atoms with van der Waals surface area (Å²) in [7, 11) is 0.599. The van der Waals surface area contributed by atoms with Crippen LogP contribution in [0.3, 0.4) is 0 Å². The van der Waals surface area contributed by atoms with Gasteiger partial charge in [-0.05, 0) is 26.1 Å². The van der Waals surface area contributed by atoms with Crippen molar-refractivity contribution in [2.75, 3.05) is 40.3 Å². The number of rotatable bonds is 8. The van der Waals surface area contributed by atoms with Crippen LogP contribution in [0, 0.1) is 5.92 Å². The summed E-state index contributed by atoms with van der Waals surface area (Å²) in [5.41, 5.74) is 2.58. The highest BCUT2D eigenvalue weighted by Crippen LogP contribution is 2.56. The molecule has 5 rings (SSSR count).